The molecule has 2 aromatic rings. The van der Waals surface area contributed by atoms with Crippen LogP contribution >= 0.6 is 0 Å². The molecular weight excluding hydrogens is 356 g/mol. The first-order chi connectivity index (χ1) is 13.5. The Hall–Kier alpha value is -2.67. The molecule has 148 valence electrons. The summed E-state index contributed by atoms with van der Waals surface area (Å²) in [5.41, 5.74) is 1.48. The number of hydrogen-bond acceptors (Lipinski definition) is 5. The number of rotatable bonds is 5. The lowest BCUT2D eigenvalue weighted by atomic mass is 9.85. The fourth-order valence-corrected chi connectivity index (χ4v) is 3.84. The number of hydrogen-bond donors (Lipinski definition) is 2. The summed E-state index contributed by atoms with van der Waals surface area (Å²) in [5, 5.41) is 13.2. The van der Waals surface area contributed by atoms with E-state index in [1.54, 1.807) is 24.3 Å². The third-order valence-corrected chi connectivity index (χ3v) is 5.91. The number of likely N-dealkylation sites (N-methyl/N-ethyl adjacent to an activating group) is 1. The zero-order chi connectivity index (χ0) is 19.7. The SMILES string of the molecule is CCN1CCN(c2cc(C(=O)O)c3cc(NC(=O)C4CCC4)ccc3n2)CC1. The fourth-order valence-electron chi connectivity index (χ4n) is 3.84. The Morgan fingerprint density at radius 1 is 1.18 bits per heavy atom. The number of carbonyl (C=O) groups excluding carboxylic acids is 1. The van der Waals surface area contributed by atoms with Crippen molar-refractivity contribution in [1.29, 1.82) is 0 Å². The number of amides is 1. The Bertz CT molecular complexity index is 902. The minimum Gasteiger partial charge on any atom is -0.478 e. The molecule has 0 bridgehead atoms. The highest BCUT2D eigenvalue weighted by molar-refractivity contribution is 6.05. The summed E-state index contributed by atoms with van der Waals surface area (Å²) >= 11 is 0. The van der Waals surface area contributed by atoms with Crippen molar-refractivity contribution in [1.82, 2.24) is 9.88 Å². The summed E-state index contributed by atoms with van der Waals surface area (Å²) < 4.78 is 0. The van der Waals surface area contributed by atoms with Crippen LogP contribution in [0.1, 0.15) is 36.5 Å². The monoisotopic (exact) mass is 382 g/mol. The Morgan fingerprint density at radius 3 is 2.54 bits per heavy atom. The Morgan fingerprint density at radius 2 is 1.93 bits per heavy atom. The number of benzene rings is 1. The van der Waals surface area contributed by atoms with Crippen molar-refractivity contribution in [3.63, 3.8) is 0 Å². The quantitative estimate of drug-likeness (QED) is 0.827. The summed E-state index contributed by atoms with van der Waals surface area (Å²) in [6.07, 6.45) is 2.95. The predicted octanol–water partition coefficient (Wildman–Crippen LogP) is 2.81. The van der Waals surface area contributed by atoms with Gasteiger partial charge < -0.3 is 20.2 Å². The highest BCUT2D eigenvalue weighted by atomic mass is 16.4. The van der Waals surface area contributed by atoms with E-state index in [1.807, 2.05) is 0 Å². The molecule has 2 aliphatic rings. The van der Waals surface area contributed by atoms with Crippen LogP contribution in [0.15, 0.2) is 24.3 Å². The van der Waals surface area contributed by atoms with Crippen LogP contribution in [-0.4, -0.2) is 59.6 Å². The van der Waals surface area contributed by atoms with Crippen molar-refractivity contribution in [3.8, 4) is 0 Å². The number of aromatic nitrogens is 1. The molecule has 28 heavy (non-hydrogen) atoms. The van der Waals surface area contributed by atoms with Gasteiger partial charge in [-0.05, 0) is 43.7 Å². The maximum atomic E-state index is 12.2. The van der Waals surface area contributed by atoms with E-state index in [9.17, 15) is 14.7 Å². The van der Waals surface area contributed by atoms with Crippen LogP contribution in [0.25, 0.3) is 10.9 Å². The zero-order valence-corrected chi connectivity index (χ0v) is 16.1. The summed E-state index contributed by atoms with van der Waals surface area (Å²) in [7, 11) is 0. The summed E-state index contributed by atoms with van der Waals surface area (Å²) in [6.45, 7) is 6.74. The van der Waals surface area contributed by atoms with Crippen molar-refractivity contribution in [3.05, 3.63) is 29.8 Å². The molecule has 1 saturated heterocycles. The van der Waals surface area contributed by atoms with Gasteiger partial charge in [0.25, 0.3) is 0 Å². The summed E-state index contributed by atoms with van der Waals surface area (Å²) in [4.78, 5) is 33.3. The molecule has 2 N–H and O–H groups in total. The van der Waals surface area contributed by atoms with Gasteiger partial charge in [-0.15, -0.1) is 0 Å². The average Bonchev–Trinajstić information content (AvgIpc) is 2.65. The number of pyridine rings is 1. The molecule has 1 saturated carbocycles. The fraction of sp³-hybridized carbons (Fsp3) is 0.476. The third-order valence-electron chi connectivity index (χ3n) is 5.91. The number of carboxylic acid groups (broad SMARTS) is 1. The highest BCUT2D eigenvalue weighted by Crippen LogP contribution is 2.30. The van der Waals surface area contributed by atoms with Gasteiger partial charge >= 0.3 is 5.97 Å². The molecule has 2 fully saturated rings. The molecule has 7 nitrogen and oxygen atoms in total. The molecule has 1 aliphatic carbocycles. The van der Waals surface area contributed by atoms with Crippen LogP contribution in [0.4, 0.5) is 11.5 Å². The minimum absolute atomic E-state index is 0.0147. The Labute approximate surface area is 164 Å². The second-order valence-corrected chi connectivity index (χ2v) is 7.60. The average molecular weight is 382 g/mol. The number of carbonyl (C=O) groups is 2. The van der Waals surface area contributed by atoms with Crippen LogP contribution in [0.2, 0.25) is 0 Å². The molecule has 0 spiro atoms. The van der Waals surface area contributed by atoms with Gasteiger partial charge in [0.15, 0.2) is 0 Å². The topological polar surface area (TPSA) is 85.8 Å². The molecule has 1 aromatic carbocycles. The van der Waals surface area contributed by atoms with Crippen LogP contribution in [-0.2, 0) is 4.79 Å². The molecule has 0 atom stereocenters. The van der Waals surface area contributed by atoms with Crippen molar-refractivity contribution < 1.29 is 14.7 Å². The van der Waals surface area contributed by atoms with Gasteiger partial charge in [-0.3, -0.25) is 4.79 Å². The molecule has 1 aromatic heterocycles. The summed E-state index contributed by atoms with van der Waals surface area (Å²) in [6, 6.07) is 6.98. The minimum atomic E-state index is -0.983. The first-order valence-corrected chi connectivity index (χ1v) is 10.0. The number of nitrogens with one attached hydrogen (secondary N) is 1. The van der Waals surface area contributed by atoms with E-state index in [0.29, 0.717) is 22.4 Å². The smallest absolute Gasteiger partial charge is 0.336 e. The van der Waals surface area contributed by atoms with Crippen LogP contribution in [0.5, 0.6) is 0 Å². The van der Waals surface area contributed by atoms with E-state index in [1.165, 1.54) is 0 Å². The second-order valence-electron chi connectivity index (χ2n) is 7.60. The molecule has 7 heteroatoms. The lowest BCUT2D eigenvalue weighted by Crippen LogP contribution is -2.46. The van der Waals surface area contributed by atoms with E-state index >= 15 is 0 Å². The van der Waals surface area contributed by atoms with E-state index in [0.717, 1.165) is 52.0 Å². The van der Waals surface area contributed by atoms with E-state index < -0.39 is 5.97 Å². The molecule has 0 radical (unpaired) electrons. The first-order valence-electron chi connectivity index (χ1n) is 10.0. The maximum Gasteiger partial charge on any atom is 0.336 e. The van der Waals surface area contributed by atoms with Gasteiger partial charge in [-0.2, -0.15) is 0 Å². The lowest BCUT2D eigenvalue weighted by molar-refractivity contribution is -0.122. The van der Waals surface area contributed by atoms with Crippen molar-refractivity contribution in [2.24, 2.45) is 5.92 Å². The Kier molecular flexibility index (Phi) is 5.17. The van der Waals surface area contributed by atoms with Gasteiger partial charge in [0.05, 0.1) is 11.1 Å². The first kappa shape index (κ1) is 18.7. The number of nitrogens with zero attached hydrogens (tertiary/aromatic N) is 3. The number of anilines is 2. The third kappa shape index (κ3) is 3.67. The number of fused-ring (bicyclic) bond motifs is 1. The van der Waals surface area contributed by atoms with E-state index in [-0.39, 0.29) is 17.4 Å². The molecular formula is C21H26N4O3. The number of piperazine rings is 1. The normalized spacial score (nSPS) is 18.1. The predicted molar refractivity (Wildman–Crippen MR) is 109 cm³/mol. The van der Waals surface area contributed by atoms with Crippen molar-refractivity contribution >= 4 is 34.3 Å². The van der Waals surface area contributed by atoms with Gasteiger partial charge in [0.2, 0.25) is 5.91 Å². The summed E-state index contributed by atoms with van der Waals surface area (Å²) in [5.74, 6) is -0.187. The van der Waals surface area contributed by atoms with Crippen LogP contribution in [0, 0.1) is 5.92 Å². The van der Waals surface area contributed by atoms with E-state index in [4.69, 9.17) is 4.98 Å². The standard InChI is InChI=1S/C21H26N4O3/c1-2-24-8-10-25(11-9-24)19-13-17(21(27)28)16-12-15(6-7-18(16)23-19)22-20(26)14-4-3-5-14/h6-7,12-14H,2-5,8-11H2,1H3,(H,22,26)(H,27,28). The van der Waals surface area contributed by atoms with Crippen molar-refractivity contribution in [2.75, 3.05) is 42.9 Å². The molecule has 1 aliphatic heterocycles. The van der Waals surface area contributed by atoms with Crippen LogP contribution in [0.3, 0.4) is 0 Å². The molecule has 2 heterocycles. The van der Waals surface area contributed by atoms with Gasteiger partial charge in [0.1, 0.15) is 5.82 Å². The second kappa shape index (κ2) is 7.75. The van der Waals surface area contributed by atoms with Gasteiger partial charge in [-0.25, -0.2) is 9.78 Å². The van der Waals surface area contributed by atoms with Crippen LogP contribution < -0.4 is 10.2 Å². The van der Waals surface area contributed by atoms with E-state index in [2.05, 4.69) is 22.0 Å². The van der Waals surface area contributed by atoms with Gasteiger partial charge in [-0.1, -0.05) is 13.3 Å². The zero-order valence-electron chi connectivity index (χ0n) is 16.1. The number of carboxylic acids is 1. The maximum absolute atomic E-state index is 12.2. The van der Waals surface area contributed by atoms with Crippen molar-refractivity contribution in [2.45, 2.75) is 26.2 Å². The number of aromatic carboxylic acids is 1. The van der Waals surface area contributed by atoms with Gasteiger partial charge in [0, 0.05) is 43.2 Å². The molecule has 4 rings (SSSR count). The lowest BCUT2D eigenvalue weighted by Gasteiger charge is -2.35. The largest absolute Gasteiger partial charge is 0.478 e. The Balaban J connectivity index is 1.63. The molecule has 1 amide bonds. The highest BCUT2D eigenvalue weighted by Gasteiger charge is 2.25. The molecule has 0 unspecified atom stereocenters.